The maximum atomic E-state index is 14.2. The van der Waals surface area contributed by atoms with E-state index in [0.29, 0.717) is 29.5 Å². The number of rotatable bonds is 6. The van der Waals surface area contributed by atoms with Crippen LogP contribution in [0.15, 0.2) is 58.4 Å². The lowest BCUT2D eigenvalue weighted by atomic mass is 9.97. The number of amides is 1. The second kappa shape index (κ2) is 9.38. The molecule has 190 valence electrons. The van der Waals surface area contributed by atoms with Crippen molar-refractivity contribution in [1.29, 1.82) is 0 Å². The number of ether oxygens (including phenoxy) is 1. The number of carbonyl (C=O) groups is 1. The monoisotopic (exact) mass is 514 g/mol. The molecular formula is C25H27FN4O5S. The highest BCUT2D eigenvalue weighted by molar-refractivity contribution is 7.90. The molecule has 1 saturated heterocycles. The van der Waals surface area contributed by atoms with Crippen LogP contribution in [0.5, 0.6) is 5.75 Å². The minimum atomic E-state index is -4.45. The van der Waals surface area contributed by atoms with Crippen LogP contribution in [0.25, 0.3) is 11.3 Å². The molecule has 0 spiro atoms. The van der Waals surface area contributed by atoms with Crippen molar-refractivity contribution in [2.45, 2.75) is 37.6 Å². The van der Waals surface area contributed by atoms with E-state index in [2.05, 4.69) is 11.9 Å². The summed E-state index contributed by atoms with van der Waals surface area (Å²) in [6.07, 6.45) is 2.12. The van der Waals surface area contributed by atoms with Gasteiger partial charge in [0, 0.05) is 29.9 Å². The van der Waals surface area contributed by atoms with Gasteiger partial charge in [0.25, 0.3) is 21.5 Å². The topological polar surface area (TPSA) is 121 Å². The Morgan fingerprint density at radius 1 is 1.25 bits per heavy atom. The minimum absolute atomic E-state index is 0.0141. The predicted octanol–water partition coefficient (Wildman–Crippen LogP) is 3.33. The molecule has 4 rings (SSSR count). The van der Waals surface area contributed by atoms with Crippen molar-refractivity contribution in [2.75, 3.05) is 18.6 Å². The normalized spacial score (nSPS) is 17.1. The highest BCUT2D eigenvalue weighted by atomic mass is 32.2. The molecule has 11 heteroatoms. The number of hydrogen-bond acceptors (Lipinski definition) is 7. The first-order valence-corrected chi connectivity index (χ1v) is 12.8. The van der Waals surface area contributed by atoms with E-state index >= 15 is 0 Å². The first kappa shape index (κ1) is 25.4. The highest BCUT2D eigenvalue weighted by Gasteiger charge is 2.39. The fourth-order valence-corrected chi connectivity index (χ4v) is 5.65. The van der Waals surface area contributed by atoms with Crippen molar-refractivity contribution in [2.24, 2.45) is 5.92 Å². The molecule has 0 radical (unpaired) electrons. The van der Waals surface area contributed by atoms with E-state index in [4.69, 9.17) is 9.72 Å². The van der Waals surface area contributed by atoms with E-state index in [1.807, 2.05) is 23.5 Å². The third kappa shape index (κ3) is 4.97. The molecule has 0 unspecified atom stereocenters. The molecular weight excluding hydrogens is 487 g/mol. The summed E-state index contributed by atoms with van der Waals surface area (Å²) in [4.78, 5) is 33.6. The number of sulfonamides is 1. The van der Waals surface area contributed by atoms with Crippen molar-refractivity contribution in [1.82, 2.24) is 14.7 Å². The van der Waals surface area contributed by atoms with Crippen LogP contribution in [0.4, 0.5) is 10.2 Å². The van der Waals surface area contributed by atoms with Crippen LogP contribution in [0.1, 0.15) is 37.6 Å². The zero-order valence-corrected chi connectivity index (χ0v) is 21.1. The van der Waals surface area contributed by atoms with Crippen LogP contribution in [0, 0.1) is 11.7 Å². The smallest absolute Gasteiger partial charge is 0.269 e. The lowest BCUT2D eigenvalue weighted by molar-refractivity contribution is 0.0981. The maximum absolute atomic E-state index is 14.2. The maximum Gasteiger partial charge on any atom is 0.269 e. The number of aromatic nitrogens is 2. The summed E-state index contributed by atoms with van der Waals surface area (Å²) in [6.45, 7) is 6.69. The highest BCUT2D eigenvalue weighted by Crippen LogP contribution is 2.38. The average molecular weight is 515 g/mol. The standard InChI is InChI=1S/C25H27FN4O5S/c1-15-13-25(2,3)30(14-15)22-19(23(31)29-36(33,34)21-6-5-9-27-24(21)32)7-8-20(28-22)16-10-17(26)12-18(11-16)35-4/h5-12,15H,13-14H2,1-4H3,(H,27,32)(H,29,31)/t15-/m0/s1. The fourth-order valence-electron chi connectivity index (χ4n) is 4.63. The van der Waals surface area contributed by atoms with Gasteiger partial charge in [0.05, 0.1) is 18.4 Å². The molecule has 1 fully saturated rings. The van der Waals surface area contributed by atoms with Crippen LogP contribution < -0.4 is 19.9 Å². The molecule has 2 N–H and O–H groups in total. The van der Waals surface area contributed by atoms with Gasteiger partial charge in [-0.05, 0) is 62.6 Å². The number of methoxy groups -OCH3 is 1. The van der Waals surface area contributed by atoms with Crippen LogP contribution in [0.3, 0.4) is 0 Å². The molecule has 36 heavy (non-hydrogen) atoms. The van der Waals surface area contributed by atoms with E-state index in [0.717, 1.165) is 12.5 Å². The Bertz CT molecular complexity index is 1490. The molecule has 0 bridgehead atoms. The molecule has 0 aliphatic carbocycles. The van der Waals surface area contributed by atoms with Crippen molar-refractivity contribution >= 4 is 21.7 Å². The molecule has 1 aliphatic rings. The van der Waals surface area contributed by atoms with Gasteiger partial charge in [-0.25, -0.2) is 22.5 Å². The molecule has 3 heterocycles. The Morgan fingerprint density at radius 3 is 2.64 bits per heavy atom. The van der Waals surface area contributed by atoms with E-state index in [-0.39, 0.29) is 16.9 Å². The van der Waals surface area contributed by atoms with E-state index in [9.17, 15) is 22.4 Å². The van der Waals surface area contributed by atoms with Crippen LogP contribution in [0.2, 0.25) is 0 Å². The summed E-state index contributed by atoms with van der Waals surface area (Å²) in [5.41, 5.74) is -0.387. The number of pyridine rings is 2. The summed E-state index contributed by atoms with van der Waals surface area (Å²) < 4.78 is 46.9. The number of nitrogens with one attached hydrogen (secondary N) is 2. The quantitative estimate of drug-likeness (QED) is 0.518. The lowest BCUT2D eigenvalue weighted by Crippen LogP contribution is -2.41. The van der Waals surface area contributed by atoms with E-state index < -0.39 is 32.2 Å². The predicted molar refractivity (Wildman–Crippen MR) is 133 cm³/mol. The van der Waals surface area contributed by atoms with Crippen molar-refractivity contribution in [3.63, 3.8) is 0 Å². The number of aromatic amines is 1. The number of H-pyrrole nitrogens is 1. The van der Waals surface area contributed by atoms with Gasteiger partial charge in [-0.3, -0.25) is 9.59 Å². The summed E-state index contributed by atoms with van der Waals surface area (Å²) >= 11 is 0. The molecule has 3 aromatic rings. The zero-order chi connectivity index (χ0) is 26.3. The van der Waals surface area contributed by atoms with Gasteiger partial charge in [0.2, 0.25) is 0 Å². The Labute approximate surface area is 208 Å². The largest absolute Gasteiger partial charge is 0.497 e. The summed E-state index contributed by atoms with van der Waals surface area (Å²) in [5.74, 6) is -0.574. The molecule has 1 atom stereocenters. The first-order chi connectivity index (χ1) is 16.9. The van der Waals surface area contributed by atoms with Gasteiger partial charge in [0.15, 0.2) is 4.90 Å². The molecule has 0 saturated carbocycles. The van der Waals surface area contributed by atoms with Crippen LogP contribution in [-0.2, 0) is 10.0 Å². The van der Waals surface area contributed by atoms with Gasteiger partial charge >= 0.3 is 0 Å². The van der Waals surface area contributed by atoms with Gasteiger partial charge in [-0.1, -0.05) is 6.92 Å². The molecule has 1 aromatic carbocycles. The number of halogens is 1. The Hall–Kier alpha value is -3.73. The van der Waals surface area contributed by atoms with Gasteiger partial charge in [0.1, 0.15) is 17.4 Å². The number of nitrogens with zero attached hydrogens (tertiary/aromatic N) is 2. The van der Waals surface area contributed by atoms with Gasteiger partial charge in [-0.2, -0.15) is 0 Å². The molecule has 9 nitrogen and oxygen atoms in total. The van der Waals surface area contributed by atoms with Gasteiger partial charge in [-0.15, -0.1) is 0 Å². The third-order valence-electron chi connectivity index (χ3n) is 6.15. The SMILES string of the molecule is COc1cc(F)cc(-c2ccc(C(=O)NS(=O)(=O)c3ccc[nH]c3=O)c(N3C[C@@H](C)CC3(C)C)n2)c1. The van der Waals surface area contributed by atoms with Crippen molar-refractivity contribution in [3.05, 3.63) is 70.4 Å². The number of carbonyl (C=O) groups excluding carboxylic acids is 1. The third-order valence-corrected chi connectivity index (χ3v) is 7.50. The number of anilines is 1. The minimum Gasteiger partial charge on any atom is -0.497 e. The second-order valence-electron chi connectivity index (χ2n) is 9.48. The van der Waals surface area contributed by atoms with Gasteiger partial charge < -0.3 is 14.6 Å². The first-order valence-electron chi connectivity index (χ1n) is 11.3. The Balaban J connectivity index is 1.81. The van der Waals surface area contributed by atoms with Crippen LogP contribution in [-0.4, -0.2) is 43.5 Å². The van der Waals surface area contributed by atoms with E-state index in [1.54, 1.807) is 6.07 Å². The second-order valence-corrected chi connectivity index (χ2v) is 11.1. The number of benzene rings is 1. The lowest BCUT2D eigenvalue weighted by Gasteiger charge is -2.34. The Kier molecular flexibility index (Phi) is 6.61. The van der Waals surface area contributed by atoms with Crippen molar-refractivity contribution in [3.8, 4) is 17.0 Å². The zero-order valence-electron chi connectivity index (χ0n) is 20.3. The Morgan fingerprint density at radius 2 is 2.00 bits per heavy atom. The summed E-state index contributed by atoms with van der Waals surface area (Å²) in [5, 5.41) is 0. The molecule has 2 aromatic heterocycles. The summed E-state index contributed by atoms with van der Waals surface area (Å²) in [6, 6.07) is 9.60. The molecule has 1 aliphatic heterocycles. The number of hydrogen-bond donors (Lipinski definition) is 2. The molecule has 1 amide bonds. The summed E-state index contributed by atoms with van der Waals surface area (Å²) in [7, 11) is -3.02. The van der Waals surface area contributed by atoms with Crippen LogP contribution >= 0.6 is 0 Å². The fraction of sp³-hybridized carbons (Fsp3) is 0.320. The van der Waals surface area contributed by atoms with E-state index in [1.165, 1.54) is 43.6 Å². The van der Waals surface area contributed by atoms with Crippen molar-refractivity contribution < 1.29 is 22.3 Å². The average Bonchev–Trinajstić information content (AvgIpc) is 3.09.